The first-order chi connectivity index (χ1) is 17.3. The third-order valence-corrected chi connectivity index (χ3v) is 5.53. The number of nitrogens with two attached hydrogens (primary N) is 1. The lowest BCUT2D eigenvalue weighted by atomic mass is 9.79. The fraction of sp³-hybridized carbons (Fsp3) is 0.708. The number of carbonyl (C=O) groups excluding carboxylic acids is 1. The summed E-state index contributed by atoms with van der Waals surface area (Å²) in [7, 11) is -1.42. The van der Waals surface area contributed by atoms with Gasteiger partial charge in [0, 0.05) is 38.2 Å². The lowest BCUT2D eigenvalue weighted by molar-refractivity contribution is -0.160. The Bertz CT molecular complexity index is 1050. The Hall–Kier alpha value is -1.79. The molecular weight excluding hydrogens is 380 g/mol. The van der Waals surface area contributed by atoms with Gasteiger partial charge in [-0.2, -0.15) is 0 Å². The quantitative estimate of drug-likeness (QED) is 0.672. The summed E-state index contributed by atoms with van der Waals surface area (Å²) in [5, 5.41) is 0. The van der Waals surface area contributed by atoms with Crippen LogP contribution in [0, 0.1) is 17.7 Å². The molecule has 6 nitrogen and oxygen atoms in total. The largest absolute Gasteiger partial charge is 0.493 e. The van der Waals surface area contributed by atoms with Gasteiger partial charge >= 0.3 is 5.97 Å². The molecule has 0 amide bonds. The third kappa shape index (κ3) is 4.75. The van der Waals surface area contributed by atoms with Crippen molar-refractivity contribution in [2.24, 2.45) is 23.5 Å². The standard InChI is InChI=1S/C24H38N2O4/c1-14(2)9-17-13-26-8-7-16-10-21(28-5)22(29-6)11-18(16)19(26)12-20(17)30-24(27)23(25)15(3)4/h10-11,14-15,17,19-20,23H,7-9,12-13,25H2,1-6H3/t17?,19?,20?,23-/m0/s1/i5D3,12D2,13D2,17D. The molecule has 2 N–H and O–H groups in total. The molecule has 1 aromatic carbocycles. The number of benzene rings is 1. The molecule has 3 unspecified atom stereocenters. The van der Waals surface area contributed by atoms with Gasteiger partial charge in [-0.05, 0) is 47.9 Å². The van der Waals surface area contributed by atoms with E-state index in [1.165, 1.54) is 24.1 Å². The zero-order chi connectivity index (χ0) is 29.0. The number of fused-ring (bicyclic) bond motifs is 3. The highest BCUT2D eigenvalue weighted by molar-refractivity contribution is 5.76. The molecule has 4 atom stereocenters. The number of carbonyl (C=O) groups is 1. The van der Waals surface area contributed by atoms with Crippen molar-refractivity contribution in [3.63, 3.8) is 0 Å². The van der Waals surface area contributed by atoms with E-state index in [1.807, 2.05) is 0 Å². The van der Waals surface area contributed by atoms with Crippen molar-refractivity contribution in [3.05, 3.63) is 23.3 Å². The molecule has 0 radical (unpaired) electrons. The molecule has 0 spiro atoms. The zero-order valence-electron chi connectivity index (χ0n) is 26.3. The van der Waals surface area contributed by atoms with E-state index in [0.29, 0.717) is 11.1 Å². The molecule has 1 saturated heterocycles. The zero-order valence-corrected chi connectivity index (χ0v) is 18.3. The minimum absolute atomic E-state index is 0.0401. The first-order valence-corrected chi connectivity index (χ1v) is 10.4. The van der Waals surface area contributed by atoms with Gasteiger partial charge in [0.25, 0.3) is 0 Å². The number of hydrogen-bond acceptors (Lipinski definition) is 6. The smallest absolute Gasteiger partial charge is 0.323 e. The maximum atomic E-state index is 13.0. The molecule has 30 heavy (non-hydrogen) atoms. The molecule has 1 fully saturated rings. The van der Waals surface area contributed by atoms with Crippen LogP contribution in [0.5, 0.6) is 11.5 Å². The number of hydrogen-bond donors (Lipinski definition) is 1. The first kappa shape index (κ1) is 14.3. The number of methoxy groups -OCH3 is 2. The Labute approximate surface area is 192 Å². The van der Waals surface area contributed by atoms with Gasteiger partial charge < -0.3 is 19.9 Å². The Morgan fingerprint density at radius 2 is 2.07 bits per heavy atom. The molecule has 168 valence electrons. The average Bonchev–Trinajstić information content (AvgIpc) is 2.77. The van der Waals surface area contributed by atoms with Crippen LogP contribution in [0.25, 0.3) is 0 Å². The molecule has 2 aliphatic rings. The van der Waals surface area contributed by atoms with Crippen LogP contribution in [-0.2, 0) is 16.0 Å². The fourth-order valence-corrected chi connectivity index (χ4v) is 3.82. The van der Waals surface area contributed by atoms with Crippen molar-refractivity contribution in [1.29, 1.82) is 0 Å². The van der Waals surface area contributed by atoms with Gasteiger partial charge in [0.2, 0.25) is 0 Å². The first-order valence-electron chi connectivity index (χ1n) is 14.4. The lowest BCUT2D eigenvalue weighted by Gasteiger charge is -2.47. The second-order valence-electron chi connectivity index (χ2n) is 8.64. The molecule has 6 heteroatoms. The van der Waals surface area contributed by atoms with E-state index in [4.69, 9.17) is 26.8 Å². The second-order valence-corrected chi connectivity index (χ2v) is 8.64. The van der Waals surface area contributed by atoms with E-state index in [1.54, 1.807) is 27.7 Å². The molecule has 1 aromatic rings. The number of esters is 1. The molecule has 2 heterocycles. The SMILES string of the molecule is [2H]C([2H])([2H])Oc1cc2c(cc1OC)C1N(CC2)C([2H])([2H])C([2H])(CC(C)C)C(OC(=O)[C@@H](N)C(C)C)C1([2H])[2H]. The molecule has 2 aliphatic heterocycles. The van der Waals surface area contributed by atoms with Gasteiger partial charge in [-0.25, -0.2) is 0 Å². The summed E-state index contributed by atoms with van der Waals surface area (Å²) in [4.78, 5) is 14.3. The summed E-state index contributed by atoms with van der Waals surface area (Å²) >= 11 is 0. The van der Waals surface area contributed by atoms with Crippen molar-refractivity contribution in [2.45, 2.75) is 65.1 Å². The van der Waals surface area contributed by atoms with Crippen LogP contribution in [0.4, 0.5) is 0 Å². The monoisotopic (exact) mass is 426 g/mol. The van der Waals surface area contributed by atoms with Crippen LogP contribution in [-0.4, -0.2) is 50.2 Å². The van der Waals surface area contributed by atoms with E-state index in [2.05, 4.69) is 0 Å². The van der Waals surface area contributed by atoms with E-state index in [0.717, 1.165) is 0 Å². The molecular formula is C24H38N2O4. The van der Waals surface area contributed by atoms with Crippen LogP contribution in [0.15, 0.2) is 12.1 Å². The molecule has 0 aromatic heterocycles. The van der Waals surface area contributed by atoms with E-state index in [9.17, 15) is 8.91 Å². The molecule has 3 rings (SSSR count). The number of rotatable bonds is 7. The summed E-state index contributed by atoms with van der Waals surface area (Å²) < 4.78 is 84.6. The van der Waals surface area contributed by atoms with E-state index in [-0.39, 0.29) is 42.7 Å². The highest BCUT2D eigenvalue weighted by atomic mass is 16.5. The Balaban J connectivity index is 2.21. The molecule has 0 saturated carbocycles. The Morgan fingerprint density at radius 1 is 1.33 bits per heavy atom. The van der Waals surface area contributed by atoms with Crippen molar-refractivity contribution in [3.8, 4) is 11.5 Å². The highest BCUT2D eigenvalue weighted by Crippen LogP contribution is 2.44. The van der Waals surface area contributed by atoms with Crippen molar-refractivity contribution in [2.75, 3.05) is 27.2 Å². The maximum absolute atomic E-state index is 13.0. The predicted octanol–water partition coefficient (Wildman–Crippen LogP) is 3.56. The molecule has 0 aliphatic carbocycles. The van der Waals surface area contributed by atoms with Gasteiger partial charge in [0.15, 0.2) is 11.5 Å². The van der Waals surface area contributed by atoms with Crippen LogP contribution in [0.1, 0.15) is 68.6 Å². The topological polar surface area (TPSA) is 74.0 Å². The highest BCUT2D eigenvalue weighted by Gasteiger charge is 2.41. The predicted molar refractivity (Wildman–Crippen MR) is 118 cm³/mol. The third-order valence-electron chi connectivity index (χ3n) is 5.53. The Morgan fingerprint density at radius 3 is 2.70 bits per heavy atom. The van der Waals surface area contributed by atoms with Crippen molar-refractivity contribution >= 4 is 5.97 Å². The minimum atomic E-state index is -2.74. The summed E-state index contributed by atoms with van der Waals surface area (Å²) in [6, 6.07) is 0.571. The van der Waals surface area contributed by atoms with Gasteiger partial charge in [-0.3, -0.25) is 9.69 Å². The molecule has 0 bridgehead atoms. The summed E-state index contributed by atoms with van der Waals surface area (Å²) in [5.41, 5.74) is 6.90. The normalized spacial score (nSPS) is 35.1. The van der Waals surface area contributed by atoms with Crippen LogP contribution in [0.2, 0.25) is 0 Å². The maximum Gasteiger partial charge on any atom is 0.323 e. The van der Waals surface area contributed by atoms with Crippen molar-refractivity contribution < 1.29 is 30.0 Å². The summed E-state index contributed by atoms with van der Waals surface area (Å²) in [6.45, 7) is 4.68. The summed E-state index contributed by atoms with van der Waals surface area (Å²) in [5.74, 6) is -3.57. The minimum Gasteiger partial charge on any atom is -0.493 e. The van der Waals surface area contributed by atoms with Crippen molar-refractivity contribution in [1.82, 2.24) is 4.90 Å². The van der Waals surface area contributed by atoms with Gasteiger partial charge in [0.05, 0.1) is 18.3 Å². The van der Waals surface area contributed by atoms with Crippen LogP contribution >= 0.6 is 0 Å². The van der Waals surface area contributed by atoms with E-state index < -0.39 is 50.0 Å². The Kier molecular flexibility index (Phi) is 4.56. The van der Waals surface area contributed by atoms with Gasteiger partial charge in [0.1, 0.15) is 12.1 Å². The van der Waals surface area contributed by atoms with Crippen LogP contribution < -0.4 is 15.2 Å². The van der Waals surface area contributed by atoms with E-state index >= 15 is 0 Å². The van der Waals surface area contributed by atoms with Gasteiger partial charge in [-0.1, -0.05) is 27.7 Å². The number of ether oxygens (including phenoxy) is 3. The number of nitrogens with zero attached hydrogens (tertiary/aromatic N) is 1. The van der Waals surface area contributed by atoms with Gasteiger partial charge in [-0.15, -0.1) is 0 Å². The fourth-order valence-electron chi connectivity index (χ4n) is 3.82. The van der Waals surface area contributed by atoms with Crippen LogP contribution in [0.3, 0.4) is 0 Å². The number of piperidine rings is 1. The second kappa shape index (κ2) is 9.56. The average molecular weight is 427 g/mol. The lowest BCUT2D eigenvalue weighted by Crippen LogP contribution is -2.51. The summed E-state index contributed by atoms with van der Waals surface area (Å²) in [6.07, 6.45) is -4.04.